The SMILES string of the molecule is C=CCc1ccc(OCC(=O)N/N=C\c2ccccc2OC(=O)c2ccc(Cl)cc2)c(OC)c1. The van der Waals surface area contributed by atoms with E-state index in [4.69, 9.17) is 25.8 Å². The van der Waals surface area contributed by atoms with E-state index >= 15 is 0 Å². The van der Waals surface area contributed by atoms with E-state index in [9.17, 15) is 9.59 Å². The van der Waals surface area contributed by atoms with Gasteiger partial charge < -0.3 is 14.2 Å². The fraction of sp³-hybridized carbons (Fsp3) is 0.115. The van der Waals surface area contributed by atoms with Gasteiger partial charge in [0.1, 0.15) is 5.75 Å². The van der Waals surface area contributed by atoms with Crippen molar-refractivity contribution in [2.75, 3.05) is 13.7 Å². The van der Waals surface area contributed by atoms with Crippen molar-refractivity contribution in [1.82, 2.24) is 5.43 Å². The van der Waals surface area contributed by atoms with E-state index in [0.29, 0.717) is 39.8 Å². The third-order valence-electron chi connectivity index (χ3n) is 4.56. The van der Waals surface area contributed by atoms with Gasteiger partial charge >= 0.3 is 5.97 Å². The standard InChI is InChI=1S/C26H23ClN2O5/c1-3-6-18-9-14-23(24(15-18)32-2)33-17-25(30)29-28-16-20-7-4-5-8-22(20)34-26(31)19-10-12-21(27)13-11-19/h3-5,7-16H,1,6,17H2,2H3,(H,29,30)/b28-16-. The van der Waals surface area contributed by atoms with Gasteiger partial charge in [-0.15, -0.1) is 6.58 Å². The third kappa shape index (κ3) is 6.95. The summed E-state index contributed by atoms with van der Waals surface area (Å²) in [6.45, 7) is 3.45. The van der Waals surface area contributed by atoms with Crippen LogP contribution in [0.25, 0.3) is 0 Å². The number of esters is 1. The number of halogens is 1. The highest BCUT2D eigenvalue weighted by atomic mass is 35.5. The molecule has 0 radical (unpaired) electrons. The summed E-state index contributed by atoms with van der Waals surface area (Å²) in [6, 6.07) is 18.6. The summed E-state index contributed by atoms with van der Waals surface area (Å²) in [7, 11) is 1.53. The Hall–Kier alpha value is -4.10. The van der Waals surface area contributed by atoms with Crippen LogP contribution < -0.4 is 19.6 Å². The Labute approximate surface area is 202 Å². The lowest BCUT2D eigenvalue weighted by atomic mass is 10.1. The first-order chi connectivity index (χ1) is 16.5. The summed E-state index contributed by atoms with van der Waals surface area (Å²) in [5.74, 6) is 0.245. The van der Waals surface area contributed by atoms with Gasteiger partial charge in [0.15, 0.2) is 18.1 Å². The quantitative estimate of drug-likeness (QED) is 0.148. The molecule has 0 bridgehead atoms. The van der Waals surface area contributed by atoms with E-state index in [0.717, 1.165) is 5.56 Å². The molecule has 174 valence electrons. The van der Waals surface area contributed by atoms with Crippen LogP contribution >= 0.6 is 11.6 Å². The lowest BCUT2D eigenvalue weighted by Gasteiger charge is -2.11. The van der Waals surface area contributed by atoms with E-state index in [2.05, 4.69) is 17.1 Å². The van der Waals surface area contributed by atoms with Crippen molar-refractivity contribution in [1.29, 1.82) is 0 Å². The molecule has 3 aromatic carbocycles. The largest absolute Gasteiger partial charge is 0.493 e. The molecule has 0 saturated carbocycles. The van der Waals surface area contributed by atoms with Gasteiger partial charge in [0.25, 0.3) is 5.91 Å². The van der Waals surface area contributed by atoms with Gasteiger partial charge in [-0.1, -0.05) is 35.9 Å². The molecule has 3 aromatic rings. The number of carbonyl (C=O) groups excluding carboxylic acids is 2. The van der Waals surface area contributed by atoms with Crippen LogP contribution in [0.15, 0.2) is 84.5 Å². The number of amides is 1. The Balaban J connectivity index is 1.57. The zero-order chi connectivity index (χ0) is 24.3. The Morgan fingerprint density at radius 1 is 1.03 bits per heavy atom. The number of hydrazone groups is 1. The maximum atomic E-state index is 12.4. The molecule has 0 heterocycles. The second kappa shape index (κ2) is 12.2. The van der Waals surface area contributed by atoms with Crippen LogP contribution in [0.3, 0.4) is 0 Å². The summed E-state index contributed by atoms with van der Waals surface area (Å²) in [5, 5.41) is 4.45. The average molecular weight is 479 g/mol. The van der Waals surface area contributed by atoms with Gasteiger partial charge in [0.2, 0.25) is 0 Å². The molecule has 7 nitrogen and oxygen atoms in total. The van der Waals surface area contributed by atoms with Gasteiger partial charge in [-0.25, -0.2) is 10.2 Å². The minimum absolute atomic E-state index is 0.262. The molecular weight excluding hydrogens is 456 g/mol. The van der Waals surface area contributed by atoms with Crippen molar-refractivity contribution in [3.63, 3.8) is 0 Å². The summed E-state index contributed by atoms with van der Waals surface area (Å²) in [4.78, 5) is 24.5. The minimum atomic E-state index is -0.539. The molecule has 34 heavy (non-hydrogen) atoms. The van der Waals surface area contributed by atoms with E-state index in [1.54, 1.807) is 60.7 Å². The summed E-state index contributed by atoms with van der Waals surface area (Å²) >= 11 is 5.85. The summed E-state index contributed by atoms with van der Waals surface area (Å²) in [5.41, 5.74) is 4.26. The monoisotopic (exact) mass is 478 g/mol. The van der Waals surface area contributed by atoms with E-state index in [1.807, 2.05) is 12.1 Å². The molecule has 0 unspecified atom stereocenters. The first-order valence-electron chi connectivity index (χ1n) is 10.3. The van der Waals surface area contributed by atoms with Crippen LogP contribution in [0.5, 0.6) is 17.2 Å². The maximum Gasteiger partial charge on any atom is 0.343 e. The van der Waals surface area contributed by atoms with Crippen molar-refractivity contribution in [2.45, 2.75) is 6.42 Å². The second-order valence-electron chi connectivity index (χ2n) is 6.99. The zero-order valence-electron chi connectivity index (χ0n) is 18.5. The molecule has 3 rings (SSSR count). The van der Waals surface area contributed by atoms with E-state index in [-0.39, 0.29) is 6.61 Å². The van der Waals surface area contributed by atoms with Crippen LogP contribution in [-0.4, -0.2) is 31.8 Å². The highest BCUT2D eigenvalue weighted by Crippen LogP contribution is 2.28. The average Bonchev–Trinajstić information content (AvgIpc) is 2.84. The maximum absolute atomic E-state index is 12.4. The predicted molar refractivity (Wildman–Crippen MR) is 131 cm³/mol. The summed E-state index contributed by atoms with van der Waals surface area (Å²) in [6.07, 6.45) is 3.87. The van der Waals surface area contributed by atoms with Gasteiger partial charge in [-0.3, -0.25) is 4.79 Å². The number of nitrogens with one attached hydrogen (secondary N) is 1. The van der Waals surface area contributed by atoms with Crippen LogP contribution in [0.1, 0.15) is 21.5 Å². The Morgan fingerprint density at radius 2 is 1.79 bits per heavy atom. The molecular formula is C26H23ClN2O5. The number of methoxy groups -OCH3 is 1. The van der Waals surface area contributed by atoms with E-state index < -0.39 is 11.9 Å². The highest BCUT2D eigenvalue weighted by molar-refractivity contribution is 6.30. The number of benzene rings is 3. The lowest BCUT2D eigenvalue weighted by Crippen LogP contribution is -2.24. The molecule has 0 atom stereocenters. The first-order valence-corrected chi connectivity index (χ1v) is 10.7. The number of rotatable bonds is 10. The van der Waals surface area contributed by atoms with Crippen LogP contribution in [-0.2, 0) is 11.2 Å². The summed E-state index contributed by atoms with van der Waals surface area (Å²) < 4.78 is 16.3. The molecule has 0 spiro atoms. The fourth-order valence-corrected chi connectivity index (χ4v) is 3.03. The van der Waals surface area contributed by atoms with Crippen molar-refractivity contribution in [2.24, 2.45) is 5.10 Å². The second-order valence-corrected chi connectivity index (χ2v) is 7.43. The smallest absolute Gasteiger partial charge is 0.343 e. The third-order valence-corrected chi connectivity index (χ3v) is 4.81. The number of hydrogen-bond donors (Lipinski definition) is 1. The topological polar surface area (TPSA) is 86.2 Å². The molecule has 0 aliphatic rings. The highest BCUT2D eigenvalue weighted by Gasteiger charge is 2.11. The normalized spacial score (nSPS) is 10.5. The lowest BCUT2D eigenvalue weighted by molar-refractivity contribution is -0.123. The number of carbonyl (C=O) groups is 2. The molecule has 0 fully saturated rings. The van der Waals surface area contributed by atoms with Crippen LogP contribution in [0, 0.1) is 0 Å². The molecule has 1 N–H and O–H groups in total. The fourth-order valence-electron chi connectivity index (χ4n) is 2.90. The van der Waals surface area contributed by atoms with Crippen LogP contribution in [0.2, 0.25) is 5.02 Å². The Morgan fingerprint density at radius 3 is 2.53 bits per heavy atom. The van der Waals surface area contributed by atoms with Crippen LogP contribution in [0.4, 0.5) is 0 Å². The molecule has 0 aliphatic heterocycles. The minimum Gasteiger partial charge on any atom is -0.493 e. The van der Waals surface area contributed by atoms with Gasteiger partial charge in [-0.2, -0.15) is 5.10 Å². The number of hydrogen-bond acceptors (Lipinski definition) is 6. The Kier molecular flexibility index (Phi) is 8.82. The predicted octanol–water partition coefficient (Wildman–Crippen LogP) is 4.83. The van der Waals surface area contributed by atoms with Crippen molar-refractivity contribution in [3.05, 3.63) is 101 Å². The number of ether oxygens (including phenoxy) is 3. The number of allylic oxidation sites excluding steroid dienone is 1. The number of nitrogens with zero attached hydrogens (tertiary/aromatic N) is 1. The van der Waals surface area contributed by atoms with Crippen molar-refractivity contribution >= 4 is 29.7 Å². The molecule has 8 heteroatoms. The van der Waals surface area contributed by atoms with Gasteiger partial charge in [0.05, 0.1) is 18.9 Å². The molecule has 0 saturated heterocycles. The first kappa shape index (κ1) is 24.5. The molecule has 0 aromatic heterocycles. The van der Waals surface area contributed by atoms with Gasteiger partial charge in [0, 0.05) is 10.6 Å². The van der Waals surface area contributed by atoms with Crippen molar-refractivity contribution < 1.29 is 23.8 Å². The Bertz CT molecular complexity index is 1190. The van der Waals surface area contributed by atoms with E-state index in [1.165, 1.54) is 13.3 Å². The van der Waals surface area contributed by atoms with Crippen molar-refractivity contribution in [3.8, 4) is 17.2 Å². The molecule has 0 aliphatic carbocycles. The zero-order valence-corrected chi connectivity index (χ0v) is 19.2. The van der Waals surface area contributed by atoms with Gasteiger partial charge in [-0.05, 0) is 60.5 Å². The number of para-hydroxylation sites is 1. The molecule has 1 amide bonds.